The molecule has 2 aromatic rings. The normalized spacial score (nSPS) is 16.5. The van der Waals surface area contributed by atoms with Crippen molar-refractivity contribution in [2.45, 2.75) is 18.7 Å². The Labute approximate surface area is 168 Å². The van der Waals surface area contributed by atoms with E-state index in [9.17, 15) is 8.42 Å². The van der Waals surface area contributed by atoms with Crippen molar-refractivity contribution < 1.29 is 13.2 Å². The van der Waals surface area contributed by atoms with Crippen molar-refractivity contribution >= 4 is 16.1 Å². The van der Waals surface area contributed by atoms with Crippen LogP contribution in [0.4, 0.5) is 0 Å². The van der Waals surface area contributed by atoms with E-state index in [1.165, 1.54) is 5.56 Å². The molecular weight excluding hydrogens is 372 g/mol. The van der Waals surface area contributed by atoms with Crippen LogP contribution in [0, 0.1) is 6.92 Å². The molecule has 0 saturated carbocycles. The number of aryl methyl sites for hydroxylation is 1. The fourth-order valence-corrected chi connectivity index (χ4v) is 4.81. The molecule has 0 N–H and O–H groups in total. The highest BCUT2D eigenvalue weighted by Crippen LogP contribution is 2.24. The van der Waals surface area contributed by atoms with Crippen molar-refractivity contribution in [2.24, 2.45) is 0 Å². The van der Waals surface area contributed by atoms with E-state index in [1.54, 1.807) is 22.5 Å². The molecule has 0 radical (unpaired) electrons. The summed E-state index contributed by atoms with van der Waals surface area (Å²) in [4.78, 5) is 2.61. The maximum absolute atomic E-state index is 13.0. The van der Waals surface area contributed by atoms with Crippen molar-refractivity contribution in [3.63, 3.8) is 0 Å². The molecule has 0 unspecified atom stereocenters. The largest absolute Gasteiger partial charge is 0.494 e. The average molecular weight is 401 g/mol. The molecule has 2 aromatic carbocycles. The first-order chi connectivity index (χ1) is 13.5. The first-order valence-corrected chi connectivity index (χ1v) is 11.1. The number of ether oxygens (including phenoxy) is 1. The Morgan fingerprint density at radius 2 is 1.75 bits per heavy atom. The average Bonchev–Trinajstić information content (AvgIpc) is 2.71. The Bertz CT molecular complexity index is 903. The minimum absolute atomic E-state index is 0.339. The molecule has 3 rings (SSSR count). The summed E-state index contributed by atoms with van der Waals surface area (Å²) in [5.74, 6) is 0.733. The molecule has 1 saturated heterocycles. The Hall–Kier alpha value is -2.15. The monoisotopic (exact) mass is 400 g/mol. The number of piperazine rings is 1. The Morgan fingerprint density at radius 3 is 2.39 bits per heavy atom. The van der Waals surface area contributed by atoms with Crippen LogP contribution in [0.5, 0.6) is 5.75 Å². The number of hydrogen-bond acceptors (Lipinski definition) is 4. The van der Waals surface area contributed by atoms with Gasteiger partial charge in [0.1, 0.15) is 5.75 Å². The van der Waals surface area contributed by atoms with Crippen LogP contribution in [-0.2, 0) is 10.0 Å². The first-order valence-electron chi connectivity index (χ1n) is 9.68. The van der Waals surface area contributed by atoms with Gasteiger partial charge in [0.2, 0.25) is 10.0 Å². The second-order valence-corrected chi connectivity index (χ2v) is 8.82. The molecule has 0 bridgehead atoms. The fourth-order valence-electron chi connectivity index (χ4n) is 3.30. The summed E-state index contributed by atoms with van der Waals surface area (Å²) >= 11 is 0. The maximum Gasteiger partial charge on any atom is 0.243 e. The van der Waals surface area contributed by atoms with Crippen LogP contribution in [0.25, 0.3) is 6.08 Å². The molecule has 0 atom stereocenters. The minimum atomic E-state index is -3.47. The van der Waals surface area contributed by atoms with Gasteiger partial charge in [0, 0.05) is 32.7 Å². The second kappa shape index (κ2) is 9.37. The maximum atomic E-state index is 13.0. The van der Waals surface area contributed by atoms with E-state index in [0.717, 1.165) is 30.9 Å². The number of rotatable bonds is 7. The third-order valence-corrected chi connectivity index (χ3v) is 6.78. The summed E-state index contributed by atoms with van der Waals surface area (Å²) in [6.45, 7) is 7.66. The van der Waals surface area contributed by atoms with E-state index < -0.39 is 10.0 Å². The predicted octanol–water partition coefficient (Wildman–Crippen LogP) is 3.41. The number of nitrogens with zero attached hydrogens (tertiary/aromatic N) is 2. The highest BCUT2D eigenvalue weighted by atomic mass is 32.2. The van der Waals surface area contributed by atoms with Gasteiger partial charge < -0.3 is 4.74 Å². The van der Waals surface area contributed by atoms with Gasteiger partial charge in [-0.1, -0.05) is 42.5 Å². The highest BCUT2D eigenvalue weighted by molar-refractivity contribution is 7.89. The molecule has 28 heavy (non-hydrogen) atoms. The van der Waals surface area contributed by atoms with Gasteiger partial charge in [-0.2, -0.15) is 4.31 Å². The summed E-state index contributed by atoms with van der Waals surface area (Å²) in [5, 5.41) is 0. The molecule has 150 valence electrons. The third kappa shape index (κ3) is 5.01. The molecular formula is C22H28N2O3S. The molecule has 1 heterocycles. The number of hydrogen-bond donors (Lipinski definition) is 0. The van der Waals surface area contributed by atoms with Crippen LogP contribution in [0.1, 0.15) is 18.1 Å². The highest BCUT2D eigenvalue weighted by Gasteiger charge is 2.28. The number of benzene rings is 2. The van der Waals surface area contributed by atoms with Crippen LogP contribution in [-0.4, -0.2) is 57.0 Å². The Morgan fingerprint density at radius 1 is 1.04 bits per heavy atom. The first kappa shape index (κ1) is 20.6. The van der Waals surface area contributed by atoms with Gasteiger partial charge in [-0.05, 0) is 43.2 Å². The lowest BCUT2D eigenvalue weighted by atomic mass is 10.2. The van der Waals surface area contributed by atoms with Gasteiger partial charge in [0.15, 0.2) is 0 Å². The van der Waals surface area contributed by atoms with Crippen LogP contribution in [0.3, 0.4) is 0 Å². The molecule has 1 aliphatic heterocycles. The SMILES string of the molecule is CCOc1ccc(S(=O)(=O)N2CCN(C/C=C/c3ccccc3)CC2)cc1C. The van der Waals surface area contributed by atoms with Crippen molar-refractivity contribution in [1.29, 1.82) is 0 Å². The van der Waals surface area contributed by atoms with E-state index in [2.05, 4.69) is 29.2 Å². The molecule has 0 spiro atoms. The van der Waals surface area contributed by atoms with Gasteiger partial charge >= 0.3 is 0 Å². The zero-order chi connectivity index (χ0) is 20.0. The van der Waals surface area contributed by atoms with Gasteiger partial charge in [-0.3, -0.25) is 4.90 Å². The Balaban J connectivity index is 1.57. The third-order valence-electron chi connectivity index (χ3n) is 4.89. The summed E-state index contributed by atoms with van der Waals surface area (Å²) in [7, 11) is -3.47. The van der Waals surface area contributed by atoms with Gasteiger partial charge in [-0.15, -0.1) is 0 Å². The summed E-state index contributed by atoms with van der Waals surface area (Å²) in [6, 6.07) is 15.3. The van der Waals surface area contributed by atoms with Gasteiger partial charge in [-0.25, -0.2) is 8.42 Å². The van der Waals surface area contributed by atoms with Crippen molar-refractivity contribution in [1.82, 2.24) is 9.21 Å². The summed E-state index contributed by atoms with van der Waals surface area (Å²) in [6.07, 6.45) is 4.24. The van der Waals surface area contributed by atoms with Crippen LogP contribution in [0.2, 0.25) is 0 Å². The lowest BCUT2D eigenvalue weighted by Crippen LogP contribution is -2.48. The van der Waals surface area contributed by atoms with Gasteiger partial charge in [0.05, 0.1) is 11.5 Å². The number of sulfonamides is 1. The lowest BCUT2D eigenvalue weighted by molar-refractivity contribution is 0.204. The Kier molecular flexibility index (Phi) is 6.88. The van der Waals surface area contributed by atoms with E-state index in [0.29, 0.717) is 24.6 Å². The topological polar surface area (TPSA) is 49.9 Å². The molecule has 6 heteroatoms. The summed E-state index contributed by atoms with van der Waals surface area (Å²) in [5.41, 5.74) is 2.02. The zero-order valence-corrected chi connectivity index (χ0v) is 17.4. The quantitative estimate of drug-likeness (QED) is 0.715. The van der Waals surface area contributed by atoms with Crippen LogP contribution < -0.4 is 4.74 Å². The van der Waals surface area contributed by atoms with Crippen molar-refractivity contribution in [2.75, 3.05) is 39.3 Å². The summed E-state index contributed by atoms with van der Waals surface area (Å²) < 4.78 is 33.0. The van der Waals surface area contributed by atoms with Crippen LogP contribution >= 0.6 is 0 Å². The standard InChI is InChI=1S/C22H28N2O3S/c1-3-27-22-12-11-21(18-19(22)2)28(25,26)24-16-14-23(15-17-24)13-7-10-20-8-5-4-6-9-20/h4-12,18H,3,13-17H2,1-2H3/b10-7+. The zero-order valence-electron chi connectivity index (χ0n) is 16.5. The van der Waals surface area contributed by atoms with E-state index in [4.69, 9.17) is 4.74 Å². The molecule has 0 aliphatic carbocycles. The molecule has 0 amide bonds. The second-order valence-electron chi connectivity index (χ2n) is 6.88. The predicted molar refractivity (Wildman–Crippen MR) is 113 cm³/mol. The van der Waals surface area contributed by atoms with Crippen molar-refractivity contribution in [3.05, 3.63) is 65.7 Å². The molecule has 0 aromatic heterocycles. The molecule has 5 nitrogen and oxygen atoms in total. The van der Waals surface area contributed by atoms with E-state index >= 15 is 0 Å². The van der Waals surface area contributed by atoms with E-state index in [-0.39, 0.29) is 0 Å². The smallest absolute Gasteiger partial charge is 0.243 e. The lowest BCUT2D eigenvalue weighted by Gasteiger charge is -2.33. The fraction of sp³-hybridized carbons (Fsp3) is 0.364. The molecule has 1 fully saturated rings. The minimum Gasteiger partial charge on any atom is -0.494 e. The van der Waals surface area contributed by atoms with Crippen molar-refractivity contribution in [3.8, 4) is 5.75 Å². The molecule has 1 aliphatic rings. The van der Waals surface area contributed by atoms with E-state index in [1.807, 2.05) is 32.0 Å². The van der Waals surface area contributed by atoms with Crippen LogP contribution in [0.15, 0.2) is 59.5 Å². The van der Waals surface area contributed by atoms with Gasteiger partial charge in [0.25, 0.3) is 0 Å².